The van der Waals surface area contributed by atoms with Gasteiger partial charge in [0, 0.05) is 5.92 Å². The van der Waals surface area contributed by atoms with Gasteiger partial charge in [-0.05, 0) is 25.9 Å². The third kappa shape index (κ3) is 1.02. The van der Waals surface area contributed by atoms with E-state index in [0.29, 0.717) is 5.92 Å². The molecular weight excluding hydrogens is 98.1 g/mol. The summed E-state index contributed by atoms with van der Waals surface area (Å²) in [5.74, 6) is 4.10. The summed E-state index contributed by atoms with van der Waals surface area (Å²) in [5.41, 5.74) is 0. The van der Waals surface area contributed by atoms with Gasteiger partial charge in [0.25, 0.3) is 0 Å². The van der Waals surface area contributed by atoms with Crippen molar-refractivity contribution in [2.45, 2.75) is 6.42 Å². The molecule has 0 bridgehead atoms. The Labute approximate surface area is 50.5 Å². The van der Waals surface area contributed by atoms with E-state index in [0.717, 1.165) is 12.5 Å². The zero-order valence-electron chi connectivity index (χ0n) is 5.15. The Balaban J connectivity index is 2.10. The fourth-order valence-electron chi connectivity index (χ4n) is 0.940. The highest BCUT2D eigenvalue weighted by Crippen LogP contribution is 2.36. The van der Waals surface area contributed by atoms with Crippen LogP contribution in [0.3, 0.4) is 0 Å². The van der Waals surface area contributed by atoms with Crippen molar-refractivity contribution < 1.29 is 0 Å². The Morgan fingerprint density at radius 2 is 2.62 bits per heavy atom. The van der Waals surface area contributed by atoms with E-state index in [1.165, 1.54) is 6.42 Å². The summed E-state index contributed by atoms with van der Waals surface area (Å²) in [6, 6.07) is 0. The average molecular weight is 109 g/mol. The van der Waals surface area contributed by atoms with Crippen molar-refractivity contribution in [3.05, 3.63) is 0 Å². The minimum atomic E-state index is 0.586. The molecule has 0 amide bonds. The summed E-state index contributed by atoms with van der Waals surface area (Å²) in [7, 11) is 1.96. The van der Waals surface area contributed by atoms with Gasteiger partial charge in [-0.15, -0.1) is 12.3 Å². The molecule has 0 aromatic heterocycles. The Morgan fingerprint density at radius 3 is 3.00 bits per heavy atom. The minimum Gasteiger partial charge on any atom is -0.319 e. The molecule has 1 nitrogen and oxygen atoms in total. The molecule has 1 saturated carbocycles. The lowest BCUT2D eigenvalue weighted by atomic mass is 10.3. The lowest BCUT2D eigenvalue weighted by molar-refractivity contribution is 0.696. The Hall–Kier alpha value is -0.480. The first-order valence-corrected chi connectivity index (χ1v) is 2.99. The van der Waals surface area contributed by atoms with Crippen LogP contribution in [0.15, 0.2) is 0 Å². The van der Waals surface area contributed by atoms with Gasteiger partial charge in [0.2, 0.25) is 0 Å². The Kier molecular flexibility index (Phi) is 1.55. The number of hydrogen-bond donors (Lipinski definition) is 1. The highest BCUT2D eigenvalue weighted by Gasteiger charge is 2.34. The van der Waals surface area contributed by atoms with Gasteiger partial charge < -0.3 is 5.32 Å². The minimum absolute atomic E-state index is 0.586. The van der Waals surface area contributed by atoms with Gasteiger partial charge >= 0.3 is 0 Å². The Bertz CT molecular complexity index is 112. The van der Waals surface area contributed by atoms with Crippen molar-refractivity contribution in [2.24, 2.45) is 11.8 Å². The first kappa shape index (κ1) is 5.65. The maximum Gasteiger partial charge on any atom is 0.0244 e. The molecule has 0 aromatic carbocycles. The van der Waals surface area contributed by atoms with E-state index in [1.54, 1.807) is 0 Å². The summed E-state index contributed by atoms with van der Waals surface area (Å²) in [6.07, 6.45) is 6.41. The fourth-order valence-corrected chi connectivity index (χ4v) is 0.940. The molecule has 1 aliphatic carbocycles. The summed E-state index contributed by atoms with van der Waals surface area (Å²) in [5, 5.41) is 3.10. The quantitative estimate of drug-likeness (QED) is 0.508. The van der Waals surface area contributed by atoms with E-state index in [-0.39, 0.29) is 0 Å². The zero-order valence-corrected chi connectivity index (χ0v) is 5.15. The maximum absolute atomic E-state index is 5.18. The van der Waals surface area contributed by atoms with Crippen LogP contribution in [-0.4, -0.2) is 13.6 Å². The topological polar surface area (TPSA) is 12.0 Å². The molecule has 0 heterocycles. The third-order valence-corrected chi connectivity index (χ3v) is 1.60. The number of terminal acetylenes is 1. The third-order valence-electron chi connectivity index (χ3n) is 1.60. The molecule has 1 rings (SSSR count). The van der Waals surface area contributed by atoms with Gasteiger partial charge in [0.05, 0.1) is 0 Å². The summed E-state index contributed by atoms with van der Waals surface area (Å²) in [4.78, 5) is 0. The number of nitrogens with one attached hydrogen (secondary N) is 1. The van der Waals surface area contributed by atoms with E-state index in [1.807, 2.05) is 7.05 Å². The van der Waals surface area contributed by atoms with Crippen LogP contribution in [0.1, 0.15) is 6.42 Å². The summed E-state index contributed by atoms with van der Waals surface area (Å²) < 4.78 is 0. The molecule has 0 aromatic rings. The second-order valence-corrected chi connectivity index (χ2v) is 2.33. The van der Waals surface area contributed by atoms with Gasteiger partial charge in [0.1, 0.15) is 0 Å². The average Bonchev–Trinajstić information content (AvgIpc) is 2.48. The molecule has 1 fully saturated rings. The standard InChI is InChI=1S/C7H11N/c1-3-6-4-7(6)5-8-2/h1,6-8H,4-5H2,2H3. The van der Waals surface area contributed by atoms with Crippen molar-refractivity contribution in [3.8, 4) is 12.3 Å². The predicted octanol–water partition coefficient (Wildman–Crippen LogP) is 0.475. The van der Waals surface area contributed by atoms with Gasteiger partial charge in [-0.25, -0.2) is 0 Å². The highest BCUT2D eigenvalue weighted by molar-refractivity contribution is 5.07. The first-order chi connectivity index (χ1) is 3.88. The monoisotopic (exact) mass is 109 g/mol. The molecule has 2 unspecified atom stereocenters. The van der Waals surface area contributed by atoms with E-state index in [2.05, 4.69) is 11.2 Å². The maximum atomic E-state index is 5.18. The van der Waals surface area contributed by atoms with Crippen molar-refractivity contribution >= 4 is 0 Å². The van der Waals surface area contributed by atoms with Gasteiger partial charge in [0.15, 0.2) is 0 Å². The first-order valence-electron chi connectivity index (χ1n) is 2.99. The van der Waals surface area contributed by atoms with Crippen LogP contribution in [0.4, 0.5) is 0 Å². The Morgan fingerprint density at radius 1 is 1.88 bits per heavy atom. The lowest BCUT2D eigenvalue weighted by Crippen LogP contribution is -2.09. The fraction of sp³-hybridized carbons (Fsp3) is 0.714. The van der Waals surface area contributed by atoms with Gasteiger partial charge in [-0.1, -0.05) is 0 Å². The van der Waals surface area contributed by atoms with Crippen LogP contribution in [-0.2, 0) is 0 Å². The second-order valence-electron chi connectivity index (χ2n) is 2.33. The number of hydrogen-bond acceptors (Lipinski definition) is 1. The second kappa shape index (κ2) is 2.19. The van der Waals surface area contributed by atoms with E-state index in [9.17, 15) is 0 Å². The van der Waals surface area contributed by atoms with Gasteiger partial charge in [-0.3, -0.25) is 0 Å². The highest BCUT2D eigenvalue weighted by atomic mass is 14.8. The molecule has 44 valence electrons. The molecule has 0 saturated heterocycles. The molecule has 0 aliphatic heterocycles. The molecular formula is C7H11N. The zero-order chi connectivity index (χ0) is 5.98. The van der Waals surface area contributed by atoms with E-state index in [4.69, 9.17) is 6.42 Å². The van der Waals surface area contributed by atoms with Crippen molar-refractivity contribution in [1.82, 2.24) is 5.32 Å². The summed E-state index contributed by atoms with van der Waals surface area (Å²) in [6.45, 7) is 1.09. The number of rotatable bonds is 2. The largest absolute Gasteiger partial charge is 0.319 e. The molecule has 2 atom stereocenters. The predicted molar refractivity (Wildman–Crippen MR) is 34.4 cm³/mol. The molecule has 1 aliphatic rings. The van der Waals surface area contributed by atoms with Crippen LogP contribution >= 0.6 is 0 Å². The van der Waals surface area contributed by atoms with E-state index < -0.39 is 0 Å². The van der Waals surface area contributed by atoms with Crippen molar-refractivity contribution in [3.63, 3.8) is 0 Å². The van der Waals surface area contributed by atoms with Crippen LogP contribution in [0.2, 0.25) is 0 Å². The molecule has 0 spiro atoms. The normalized spacial score (nSPS) is 34.0. The molecule has 1 N–H and O–H groups in total. The smallest absolute Gasteiger partial charge is 0.0244 e. The van der Waals surface area contributed by atoms with Crippen molar-refractivity contribution in [1.29, 1.82) is 0 Å². The van der Waals surface area contributed by atoms with Crippen LogP contribution in [0.25, 0.3) is 0 Å². The molecule has 8 heavy (non-hydrogen) atoms. The SMILES string of the molecule is C#CC1CC1CNC. The molecule has 1 heteroatoms. The van der Waals surface area contributed by atoms with E-state index >= 15 is 0 Å². The molecule has 0 radical (unpaired) electrons. The van der Waals surface area contributed by atoms with Crippen LogP contribution in [0.5, 0.6) is 0 Å². The van der Waals surface area contributed by atoms with Crippen molar-refractivity contribution in [2.75, 3.05) is 13.6 Å². The van der Waals surface area contributed by atoms with Gasteiger partial charge in [-0.2, -0.15) is 0 Å². The van der Waals surface area contributed by atoms with Crippen LogP contribution in [0, 0.1) is 24.2 Å². The summed E-state index contributed by atoms with van der Waals surface area (Å²) >= 11 is 0. The van der Waals surface area contributed by atoms with Crippen LogP contribution < -0.4 is 5.32 Å². The lowest BCUT2D eigenvalue weighted by Gasteiger charge is -1.90.